The fraction of sp³-hybridized carbons (Fsp3) is 0.364. The SMILES string of the molecule is CN(C)CCOC(=O)c1ccccc1N=[N+]=[N-]. The molecule has 0 atom stereocenters. The van der Waals surface area contributed by atoms with Crippen molar-refractivity contribution in [3.63, 3.8) is 0 Å². The van der Waals surface area contributed by atoms with Crippen LogP contribution in [0.25, 0.3) is 10.4 Å². The van der Waals surface area contributed by atoms with Crippen LogP contribution in [0.5, 0.6) is 0 Å². The molecule has 1 aromatic carbocycles. The molecule has 6 nitrogen and oxygen atoms in total. The van der Waals surface area contributed by atoms with Gasteiger partial charge >= 0.3 is 5.97 Å². The lowest BCUT2D eigenvalue weighted by Gasteiger charge is -2.10. The van der Waals surface area contributed by atoms with Crippen LogP contribution < -0.4 is 0 Å². The third kappa shape index (κ3) is 4.14. The van der Waals surface area contributed by atoms with Gasteiger partial charge in [0.25, 0.3) is 0 Å². The molecule has 0 aliphatic heterocycles. The molecular formula is C11H14N4O2. The van der Waals surface area contributed by atoms with Crippen molar-refractivity contribution in [1.29, 1.82) is 0 Å². The van der Waals surface area contributed by atoms with Gasteiger partial charge in [0, 0.05) is 11.5 Å². The Balaban J connectivity index is 2.71. The van der Waals surface area contributed by atoms with E-state index in [1.165, 1.54) is 0 Å². The number of carbonyl (C=O) groups excluding carboxylic acids is 1. The summed E-state index contributed by atoms with van der Waals surface area (Å²) in [7, 11) is 3.78. The monoisotopic (exact) mass is 234 g/mol. The smallest absolute Gasteiger partial charge is 0.338 e. The summed E-state index contributed by atoms with van der Waals surface area (Å²) in [6, 6.07) is 6.53. The molecule has 0 N–H and O–H groups in total. The number of hydrogen-bond donors (Lipinski definition) is 0. The van der Waals surface area contributed by atoms with Crippen molar-refractivity contribution in [2.24, 2.45) is 5.11 Å². The zero-order valence-corrected chi connectivity index (χ0v) is 9.83. The van der Waals surface area contributed by atoms with Gasteiger partial charge in [0.05, 0.1) is 11.3 Å². The van der Waals surface area contributed by atoms with E-state index in [2.05, 4.69) is 10.0 Å². The van der Waals surface area contributed by atoms with Crippen LogP contribution in [-0.4, -0.2) is 38.1 Å². The van der Waals surface area contributed by atoms with Gasteiger partial charge in [-0.2, -0.15) is 0 Å². The molecule has 90 valence electrons. The second kappa shape index (κ2) is 6.52. The van der Waals surface area contributed by atoms with Crippen LogP contribution in [0.15, 0.2) is 29.4 Å². The molecule has 6 heteroatoms. The third-order valence-corrected chi connectivity index (χ3v) is 2.05. The van der Waals surface area contributed by atoms with Gasteiger partial charge in [-0.05, 0) is 25.7 Å². The Morgan fingerprint density at radius 2 is 2.18 bits per heavy atom. The maximum Gasteiger partial charge on any atom is 0.338 e. The van der Waals surface area contributed by atoms with Crippen molar-refractivity contribution < 1.29 is 9.53 Å². The molecule has 0 aromatic heterocycles. The molecule has 0 fully saturated rings. The Morgan fingerprint density at radius 3 is 2.82 bits per heavy atom. The fourth-order valence-corrected chi connectivity index (χ4v) is 1.18. The summed E-state index contributed by atoms with van der Waals surface area (Å²) in [5, 5.41) is 3.44. The van der Waals surface area contributed by atoms with Crippen molar-refractivity contribution in [2.45, 2.75) is 0 Å². The van der Waals surface area contributed by atoms with Crippen molar-refractivity contribution in [2.75, 3.05) is 27.2 Å². The highest BCUT2D eigenvalue weighted by Crippen LogP contribution is 2.19. The number of nitrogens with zero attached hydrogens (tertiary/aromatic N) is 4. The lowest BCUT2D eigenvalue weighted by Crippen LogP contribution is -2.20. The molecule has 0 aliphatic carbocycles. The summed E-state index contributed by atoms with van der Waals surface area (Å²) in [6.45, 7) is 0.950. The molecule has 0 radical (unpaired) electrons. The van der Waals surface area contributed by atoms with Crippen molar-refractivity contribution in [3.05, 3.63) is 40.3 Å². The van der Waals surface area contributed by atoms with E-state index in [1.54, 1.807) is 24.3 Å². The lowest BCUT2D eigenvalue weighted by molar-refractivity contribution is 0.0483. The number of carbonyl (C=O) groups is 1. The number of ether oxygens (including phenoxy) is 1. The molecule has 0 saturated heterocycles. The molecule has 0 aliphatic rings. The number of rotatable bonds is 5. The van der Waals surface area contributed by atoms with Crippen LogP contribution in [0.3, 0.4) is 0 Å². The summed E-state index contributed by atoms with van der Waals surface area (Å²) in [6.07, 6.45) is 0. The van der Waals surface area contributed by atoms with E-state index in [0.29, 0.717) is 13.2 Å². The van der Waals surface area contributed by atoms with Gasteiger partial charge < -0.3 is 9.64 Å². The molecule has 0 unspecified atom stereocenters. The zero-order chi connectivity index (χ0) is 12.7. The Kier molecular flexibility index (Phi) is 5.00. The highest BCUT2D eigenvalue weighted by atomic mass is 16.5. The topological polar surface area (TPSA) is 78.3 Å². The summed E-state index contributed by atoms with van der Waals surface area (Å²) in [4.78, 5) is 16.3. The summed E-state index contributed by atoms with van der Waals surface area (Å²) < 4.78 is 5.06. The Labute approximate surface area is 99.4 Å². The van der Waals surface area contributed by atoms with Gasteiger partial charge in [0.2, 0.25) is 0 Å². The number of benzene rings is 1. The number of esters is 1. The van der Waals surface area contributed by atoms with Gasteiger partial charge in [-0.25, -0.2) is 4.79 Å². The van der Waals surface area contributed by atoms with E-state index >= 15 is 0 Å². The van der Waals surface area contributed by atoms with Crippen LogP contribution in [-0.2, 0) is 4.74 Å². The minimum atomic E-state index is -0.477. The Hall–Kier alpha value is -2.04. The average Bonchev–Trinajstić information content (AvgIpc) is 2.29. The molecule has 1 aromatic rings. The number of hydrogen-bond acceptors (Lipinski definition) is 4. The van der Waals surface area contributed by atoms with Crippen molar-refractivity contribution in [1.82, 2.24) is 4.90 Å². The highest BCUT2D eigenvalue weighted by Gasteiger charge is 2.10. The molecule has 1 rings (SSSR count). The first-order valence-corrected chi connectivity index (χ1v) is 5.11. The van der Waals surface area contributed by atoms with Crippen molar-refractivity contribution >= 4 is 11.7 Å². The average molecular weight is 234 g/mol. The van der Waals surface area contributed by atoms with E-state index in [9.17, 15) is 4.79 Å². The Morgan fingerprint density at radius 1 is 1.47 bits per heavy atom. The van der Waals surface area contributed by atoms with E-state index in [4.69, 9.17) is 10.3 Å². The molecular weight excluding hydrogens is 220 g/mol. The van der Waals surface area contributed by atoms with Crippen molar-refractivity contribution in [3.8, 4) is 0 Å². The quantitative estimate of drug-likeness (QED) is 0.339. The maximum absolute atomic E-state index is 11.7. The van der Waals surface area contributed by atoms with Crippen LogP contribution in [0, 0.1) is 0 Å². The first-order chi connectivity index (χ1) is 8.15. The highest BCUT2D eigenvalue weighted by molar-refractivity contribution is 5.94. The van der Waals surface area contributed by atoms with Crippen LogP contribution in [0.2, 0.25) is 0 Å². The molecule has 0 saturated carbocycles. The first-order valence-electron chi connectivity index (χ1n) is 5.11. The van der Waals surface area contributed by atoms with E-state index in [0.717, 1.165) is 0 Å². The second-order valence-electron chi connectivity index (χ2n) is 3.65. The van der Waals surface area contributed by atoms with E-state index in [-0.39, 0.29) is 11.3 Å². The van der Waals surface area contributed by atoms with Gasteiger partial charge in [0.1, 0.15) is 6.61 Å². The predicted octanol–water partition coefficient (Wildman–Crippen LogP) is 2.35. The van der Waals surface area contributed by atoms with Gasteiger partial charge in [-0.3, -0.25) is 0 Å². The molecule has 0 heterocycles. The number of likely N-dealkylation sites (N-methyl/N-ethyl adjacent to an activating group) is 1. The minimum absolute atomic E-state index is 0.282. The summed E-state index contributed by atoms with van der Waals surface area (Å²) >= 11 is 0. The number of azide groups is 1. The zero-order valence-electron chi connectivity index (χ0n) is 9.83. The van der Waals surface area contributed by atoms with Crippen LogP contribution in [0.4, 0.5) is 5.69 Å². The van der Waals surface area contributed by atoms with Crippen LogP contribution in [0.1, 0.15) is 10.4 Å². The van der Waals surface area contributed by atoms with Gasteiger partial charge in [0.15, 0.2) is 0 Å². The standard InChI is InChI=1S/C11H14N4O2/c1-15(2)7-8-17-11(16)9-5-3-4-6-10(9)13-14-12/h3-6H,7-8H2,1-2H3. The fourth-order valence-electron chi connectivity index (χ4n) is 1.18. The minimum Gasteiger partial charge on any atom is -0.461 e. The lowest BCUT2D eigenvalue weighted by atomic mass is 10.2. The third-order valence-electron chi connectivity index (χ3n) is 2.05. The van der Waals surface area contributed by atoms with E-state index < -0.39 is 5.97 Å². The normalized spacial score (nSPS) is 9.82. The van der Waals surface area contributed by atoms with Gasteiger partial charge in [-0.1, -0.05) is 23.3 Å². The Bertz CT molecular complexity index is 439. The summed E-state index contributed by atoms with van der Waals surface area (Å²) in [5.41, 5.74) is 8.94. The molecule has 0 amide bonds. The first kappa shape index (κ1) is 13.0. The molecule has 0 spiro atoms. The van der Waals surface area contributed by atoms with Gasteiger partial charge in [-0.15, -0.1) is 0 Å². The molecule has 0 bridgehead atoms. The largest absolute Gasteiger partial charge is 0.461 e. The second-order valence-corrected chi connectivity index (χ2v) is 3.65. The van der Waals surface area contributed by atoms with Crippen LogP contribution >= 0.6 is 0 Å². The maximum atomic E-state index is 11.7. The molecule has 17 heavy (non-hydrogen) atoms. The van der Waals surface area contributed by atoms with E-state index in [1.807, 2.05) is 19.0 Å². The predicted molar refractivity (Wildman–Crippen MR) is 64.1 cm³/mol. The summed E-state index contributed by atoms with van der Waals surface area (Å²) in [5.74, 6) is -0.477.